The van der Waals surface area contributed by atoms with Crippen LogP contribution in [0.5, 0.6) is 0 Å². The van der Waals surface area contributed by atoms with Crippen molar-refractivity contribution >= 4 is 23.4 Å². The molecular formula is C19H22N6. The van der Waals surface area contributed by atoms with Gasteiger partial charge in [0.25, 0.3) is 0 Å². The van der Waals surface area contributed by atoms with E-state index in [4.69, 9.17) is 5.73 Å². The van der Waals surface area contributed by atoms with Crippen molar-refractivity contribution in [1.82, 2.24) is 9.97 Å². The molecule has 2 aromatic heterocycles. The van der Waals surface area contributed by atoms with Crippen LogP contribution in [0.2, 0.25) is 0 Å². The van der Waals surface area contributed by atoms with E-state index in [1.54, 1.807) is 12.4 Å². The van der Waals surface area contributed by atoms with Crippen molar-refractivity contribution in [2.75, 3.05) is 36.0 Å². The lowest BCUT2D eigenvalue weighted by Gasteiger charge is -2.17. The van der Waals surface area contributed by atoms with Gasteiger partial charge in [0, 0.05) is 55.2 Å². The second kappa shape index (κ2) is 6.93. The van der Waals surface area contributed by atoms with Crippen molar-refractivity contribution in [1.29, 1.82) is 0 Å². The van der Waals surface area contributed by atoms with Gasteiger partial charge in [-0.2, -0.15) is 0 Å². The van der Waals surface area contributed by atoms with Gasteiger partial charge >= 0.3 is 0 Å². The first-order valence-corrected chi connectivity index (χ1v) is 8.67. The lowest BCUT2D eigenvalue weighted by Crippen LogP contribution is -2.21. The molecule has 6 nitrogen and oxygen atoms in total. The standard InChI is InChI=1S/C19H22N6/c20-18-14-25(17-5-7-21-8-6-17)13-15(18)11-22-16-3-4-19(23-12-16)24-9-1-2-10-24/h3-8,11-12H,1-2,9-10,13-14,20H2. The first kappa shape index (κ1) is 15.6. The molecule has 0 saturated carbocycles. The number of rotatable bonds is 4. The summed E-state index contributed by atoms with van der Waals surface area (Å²) < 4.78 is 0. The Hall–Kier alpha value is -2.89. The number of nitrogens with two attached hydrogens (primary N) is 1. The summed E-state index contributed by atoms with van der Waals surface area (Å²) in [4.78, 5) is 17.7. The van der Waals surface area contributed by atoms with Crippen LogP contribution < -0.4 is 15.5 Å². The highest BCUT2D eigenvalue weighted by Crippen LogP contribution is 2.23. The number of hydrogen-bond acceptors (Lipinski definition) is 6. The van der Waals surface area contributed by atoms with Crippen LogP contribution >= 0.6 is 0 Å². The first-order valence-electron chi connectivity index (χ1n) is 8.67. The van der Waals surface area contributed by atoms with Crippen molar-refractivity contribution in [3.05, 3.63) is 54.1 Å². The third kappa shape index (κ3) is 3.47. The summed E-state index contributed by atoms with van der Waals surface area (Å²) in [6, 6.07) is 8.06. The minimum absolute atomic E-state index is 0.720. The molecular weight excluding hydrogens is 312 g/mol. The van der Waals surface area contributed by atoms with Gasteiger partial charge in [0.1, 0.15) is 5.82 Å². The van der Waals surface area contributed by atoms with Crippen LogP contribution in [0.1, 0.15) is 12.8 Å². The molecule has 0 spiro atoms. The Morgan fingerprint density at radius 3 is 2.52 bits per heavy atom. The largest absolute Gasteiger partial charge is 0.400 e. The smallest absolute Gasteiger partial charge is 0.128 e. The minimum atomic E-state index is 0.720. The average Bonchev–Trinajstić information content (AvgIpc) is 3.31. The Labute approximate surface area is 147 Å². The van der Waals surface area contributed by atoms with Gasteiger partial charge in [-0.25, -0.2) is 4.98 Å². The molecule has 4 heterocycles. The van der Waals surface area contributed by atoms with Crippen LogP contribution in [-0.4, -0.2) is 42.4 Å². The van der Waals surface area contributed by atoms with Crippen molar-refractivity contribution in [3.8, 4) is 0 Å². The summed E-state index contributed by atoms with van der Waals surface area (Å²) in [5, 5.41) is 0. The van der Waals surface area contributed by atoms with Crippen LogP contribution in [-0.2, 0) is 0 Å². The Morgan fingerprint density at radius 1 is 1.00 bits per heavy atom. The third-order valence-electron chi connectivity index (χ3n) is 4.69. The predicted molar refractivity (Wildman–Crippen MR) is 101 cm³/mol. The highest BCUT2D eigenvalue weighted by molar-refractivity contribution is 5.85. The van der Waals surface area contributed by atoms with Gasteiger partial charge in [0.05, 0.1) is 18.4 Å². The van der Waals surface area contributed by atoms with E-state index in [0.717, 1.165) is 54.6 Å². The van der Waals surface area contributed by atoms with Crippen molar-refractivity contribution in [2.45, 2.75) is 12.8 Å². The van der Waals surface area contributed by atoms with E-state index in [0.29, 0.717) is 0 Å². The third-order valence-corrected chi connectivity index (χ3v) is 4.69. The maximum atomic E-state index is 6.19. The monoisotopic (exact) mass is 334 g/mol. The van der Waals surface area contributed by atoms with Crippen LogP contribution in [0.15, 0.2) is 59.1 Å². The molecule has 0 bridgehead atoms. The first-order chi connectivity index (χ1) is 12.3. The van der Waals surface area contributed by atoms with E-state index < -0.39 is 0 Å². The molecule has 0 aliphatic carbocycles. The number of nitrogens with zero attached hydrogens (tertiary/aromatic N) is 5. The summed E-state index contributed by atoms with van der Waals surface area (Å²) in [5.41, 5.74) is 10.1. The molecule has 1 fully saturated rings. The molecule has 1 saturated heterocycles. The zero-order valence-corrected chi connectivity index (χ0v) is 14.2. The molecule has 0 aromatic carbocycles. The molecule has 2 aliphatic heterocycles. The van der Waals surface area contributed by atoms with E-state index in [9.17, 15) is 0 Å². The van der Waals surface area contributed by atoms with Gasteiger partial charge in [-0.3, -0.25) is 9.98 Å². The number of pyridine rings is 2. The van der Waals surface area contributed by atoms with Crippen LogP contribution in [0.25, 0.3) is 0 Å². The second-order valence-electron chi connectivity index (χ2n) is 6.44. The maximum Gasteiger partial charge on any atom is 0.128 e. The van der Waals surface area contributed by atoms with E-state index in [1.807, 2.05) is 36.7 Å². The van der Waals surface area contributed by atoms with Crippen molar-refractivity contribution < 1.29 is 0 Å². The van der Waals surface area contributed by atoms with E-state index >= 15 is 0 Å². The molecule has 128 valence electrons. The summed E-state index contributed by atoms with van der Waals surface area (Å²) in [5.74, 6) is 1.04. The zero-order chi connectivity index (χ0) is 17.1. The molecule has 2 aliphatic rings. The highest BCUT2D eigenvalue weighted by atomic mass is 15.2. The Morgan fingerprint density at radius 2 is 1.80 bits per heavy atom. The molecule has 25 heavy (non-hydrogen) atoms. The van der Waals surface area contributed by atoms with Gasteiger partial charge in [-0.15, -0.1) is 0 Å². The quantitative estimate of drug-likeness (QED) is 0.870. The SMILES string of the molecule is NC1=C(C=Nc2ccc(N3CCCC3)nc2)CN(c2ccncc2)C1. The Bertz CT molecular complexity index is 775. The average molecular weight is 334 g/mol. The molecule has 0 unspecified atom stereocenters. The van der Waals surface area contributed by atoms with E-state index in [1.165, 1.54) is 12.8 Å². The molecule has 0 radical (unpaired) electrons. The number of aliphatic imine (C=N–C) groups is 1. The lowest BCUT2D eigenvalue weighted by molar-refractivity contribution is 0.937. The fourth-order valence-electron chi connectivity index (χ4n) is 3.27. The fraction of sp³-hybridized carbons (Fsp3) is 0.316. The van der Waals surface area contributed by atoms with Crippen LogP contribution in [0.3, 0.4) is 0 Å². The lowest BCUT2D eigenvalue weighted by atomic mass is 10.2. The molecule has 0 atom stereocenters. The number of hydrogen-bond donors (Lipinski definition) is 1. The zero-order valence-electron chi connectivity index (χ0n) is 14.2. The summed E-state index contributed by atoms with van der Waals surface area (Å²) in [7, 11) is 0. The summed E-state index contributed by atoms with van der Waals surface area (Å²) >= 11 is 0. The summed E-state index contributed by atoms with van der Waals surface area (Å²) in [6.45, 7) is 3.68. The van der Waals surface area contributed by atoms with Gasteiger partial charge in [0.15, 0.2) is 0 Å². The Kier molecular flexibility index (Phi) is 4.33. The second-order valence-corrected chi connectivity index (χ2v) is 6.44. The van der Waals surface area contributed by atoms with Gasteiger partial charge < -0.3 is 15.5 Å². The van der Waals surface area contributed by atoms with Crippen LogP contribution in [0.4, 0.5) is 17.2 Å². The summed E-state index contributed by atoms with van der Waals surface area (Å²) in [6.07, 6.45) is 9.79. The van der Waals surface area contributed by atoms with Gasteiger partial charge in [0.2, 0.25) is 0 Å². The predicted octanol–water partition coefficient (Wildman–Crippen LogP) is 2.51. The molecule has 0 amide bonds. The van der Waals surface area contributed by atoms with Gasteiger partial charge in [-0.05, 0) is 37.1 Å². The Balaban J connectivity index is 1.42. The number of anilines is 2. The molecule has 2 aromatic rings. The molecule has 4 rings (SSSR count). The number of aromatic nitrogens is 2. The fourth-order valence-corrected chi connectivity index (χ4v) is 3.27. The van der Waals surface area contributed by atoms with Crippen molar-refractivity contribution in [3.63, 3.8) is 0 Å². The minimum Gasteiger partial charge on any atom is -0.400 e. The van der Waals surface area contributed by atoms with E-state index in [-0.39, 0.29) is 0 Å². The molecule has 6 heteroatoms. The van der Waals surface area contributed by atoms with E-state index in [2.05, 4.69) is 24.8 Å². The van der Waals surface area contributed by atoms with Crippen molar-refractivity contribution in [2.24, 2.45) is 10.7 Å². The normalized spacial score (nSPS) is 17.9. The van der Waals surface area contributed by atoms with Crippen LogP contribution in [0, 0.1) is 0 Å². The van der Waals surface area contributed by atoms with Gasteiger partial charge in [-0.1, -0.05) is 0 Å². The molecule has 2 N–H and O–H groups in total. The topological polar surface area (TPSA) is 70.6 Å². The maximum absolute atomic E-state index is 6.19. The highest BCUT2D eigenvalue weighted by Gasteiger charge is 2.19.